The van der Waals surface area contributed by atoms with Crippen LogP contribution < -0.4 is 21.5 Å². The third-order valence-corrected chi connectivity index (χ3v) is 7.18. The van der Waals surface area contributed by atoms with Crippen molar-refractivity contribution in [2.24, 2.45) is 25.9 Å². The van der Waals surface area contributed by atoms with E-state index < -0.39 is 0 Å². The van der Waals surface area contributed by atoms with E-state index in [4.69, 9.17) is 0 Å². The third-order valence-electron chi connectivity index (χ3n) is 7.18. The standard InChI is InChI=1S/C25H34FN5O3/c1-28-22(14-23(32)29(2)25(28)34)31-10-4-6-20(17-31)24(33)27-15-18-8-11-30(12-9-18)16-19-5-3-7-21(26)13-19/h3,5,7,13-14,18,20H,4,6,8-12,15-17H2,1-2H3,(H,27,33). The number of nitrogens with one attached hydrogen (secondary N) is 1. The molecule has 0 radical (unpaired) electrons. The van der Waals surface area contributed by atoms with E-state index in [0.29, 0.717) is 31.4 Å². The van der Waals surface area contributed by atoms with Crippen LogP contribution >= 0.6 is 0 Å². The van der Waals surface area contributed by atoms with Gasteiger partial charge in [0.15, 0.2) is 0 Å². The topological polar surface area (TPSA) is 79.6 Å². The van der Waals surface area contributed by atoms with Crippen molar-refractivity contribution in [3.8, 4) is 0 Å². The van der Waals surface area contributed by atoms with E-state index in [0.717, 1.165) is 55.4 Å². The lowest BCUT2D eigenvalue weighted by atomic mass is 9.94. The summed E-state index contributed by atoms with van der Waals surface area (Å²) in [6.45, 7) is 4.50. The summed E-state index contributed by atoms with van der Waals surface area (Å²) < 4.78 is 16.0. The van der Waals surface area contributed by atoms with Crippen molar-refractivity contribution in [2.75, 3.05) is 37.6 Å². The van der Waals surface area contributed by atoms with Crippen molar-refractivity contribution in [3.63, 3.8) is 0 Å². The molecule has 1 unspecified atom stereocenters. The molecule has 1 aromatic carbocycles. The summed E-state index contributed by atoms with van der Waals surface area (Å²) in [5, 5.41) is 3.14. The minimum Gasteiger partial charge on any atom is -0.357 e. The van der Waals surface area contributed by atoms with Gasteiger partial charge >= 0.3 is 5.69 Å². The Kier molecular flexibility index (Phi) is 7.50. The molecule has 34 heavy (non-hydrogen) atoms. The first-order chi connectivity index (χ1) is 16.3. The van der Waals surface area contributed by atoms with E-state index in [1.807, 2.05) is 11.0 Å². The molecule has 0 aliphatic carbocycles. The number of carbonyl (C=O) groups excluding carboxylic acids is 1. The van der Waals surface area contributed by atoms with Crippen LogP contribution in [0.4, 0.5) is 10.2 Å². The van der Waals surface area contributed by atoms with Crippen LogP contribution in [0.3, 0.4) is 0 Å². The minimum absolute atomic E-state index is 0.0423. The van der Waals surface area contributed by atoms with Crippen LogP contribution in [0.15, 0.2) is 39.9 Å². The van der Waals surface area contributed by atoms with Crippen LogP contribution in [0.5, 0.6) is 0 Å². The van der Waals surface area contributed by atoms with Gasteiger partial charge in [0.25, 0.3) is 5.56 Å². The molecule has 2 aromatic rings. The molecule has 0 bridgehead atoms. The SMILES string of the molecule is Cn1c(N2CCCC(C(=O)NCC3CCN(Cc4cccc(F)c4)CC3)C2)cc(=O)n(C)c1=O. The number of likely N-dealkylation sites (tertiary alicyclic amines) is 1. The van der Waals surface area contributed by atoms with Gasteiger partial charge in [-0.3, -0.25) is 23.6 Å². The second-order valence-electron chi connectivity index (χ2n) is 9.62. The number of carbonyl (C=O) groups is 1. The van der Waals surface area contributed by atoms with Gasteiger partial charge in [0, 0.05) is 46.3 Å². The highest BCUT2D eigenvalue weighted by Crippen LogP contribution is 2.23. The number of hydrogen-bond donors (Lipinski definition) is 1. The highest BCUT2D eigenvalue weighted by molar-refractivity contribution is 5.79. The molecule has 0 saturated carbocycles. The molecular weight excluding hydrogens is 437 g/mol. The Bertz CT molecular complexity index is 1140. The number of aromatic nitrogens is 2. The largest absolute Gasteiger partial charge is 0.357 e. The van der Waals surface area contributed by atoms with E-state index in [1.54, 1.807) is 19.2 Å². The predicted molar refractivity (Wildman–Crippen MR) is 129 cm³/mol. The first-order valence-corrected chi connectivity index (χ1v) is 12.1. The Morgan fingerprint density at radius 3 is 2.56 bits per heavy atom. The Hall–Kier alpha value is -2.94. The van der Waals surface area contributed by atoms with Gasteiger partial charge in [0.2, 0.25) is 5.91 Å². The van der Waals surface area contributed by atoms with Crippen LogP contribution in [0.1, 0.15) is 31.2 Å². The molecule has 2 aliphatic rings. The van der Waals surface area contributed by atoms with E-state index in [9.17, 15) is 18.8 Å². The van der Waals surface area contributed by atoms with Gasteiger partial charge in [-0.05, 0) is 62.4 Å². The highest BCUT2D eigenvalue weighted by atomic mass is 19.1. The molecule has 3 heterocycles. The zero-order valence-electron chi connectivity index (χ0n) is 20.0. The Labute approximate surface area is 199 Å². The van der Waals surface area contributed by atoms with Gasteiger partial charge in [0.1, 0.15) is 11.6 Å². The normalized spacial score (nSPS) is 19.9. The third kappa shape index (κ3) is 5.58. The summed E-state index contributed by atoms with van der Waals surface area (Å²) in [6, 6.07) is 8.22. The van der Waals surface area contributed by atoms with E-state index in [2.05, 4.69) is 10.2 Å². The van der Waals surface area contributed by atoms with Crippen molar-refractivity contribution in [1.29, 1.82) is 0 Å². The fraction of sp³-hybridized carbons (Fsp3) is 0.560. The summed E-state index contributed by atoms with van der Waals surface area (Å²) in [4.78, 5) is 41.6. The van der Waals surface area contributed by atoms with Gasteiger partial charge in [-0.1, -0.05) is 12.1 Å². The molecular formula is C25H34FN5O3. The number of hydrogen-bond acceptors (Lipinski definition) is 5. The van der Waals surface area contributed by atoms with Gasteiger partial charge in [0.05, 0.1) is 5.92 Å². The van der Waals surface area contributed by atoms with E-state index >= 15 is 0 Å². The fourth-order valence-electron chi connectivity index (χ4n) is 5.06. The van der Waals surface area contributed by atoms with E-state index in [-0.39, 0.29) is 28.9 Å². The van der Waals surface area contributed by atoms with Crippen molar-refractivity contribution in [2.45, 2.75) is 32.2 Å². The molecule has 8 nitrogen and oxygen atoms in total. The lowest BCUT2D eigenvalue weighted by molar-refractivity contribution is -0.125. The number of piperidine rings is 2. The van der Waals surface area contributed by atoms with Gasteiger partial charge in [-0.25, -0.2) is 9.18 Å². The zero-order chi connectivity index (χ0) is 24.2. The number of nitrogens with zero attached hydrogens (tertiary/aromatic N) is 4. The maximum atomic E-state index is 13.4. The smallest absolute Gasteiger partial charge is 0.332 e. The summed E-state index contributed by atoms with van der Waals surface area (Å²) in [7, 11) is 3.12. The number of anilines is 1. The van der Waals surface area contributed by atoms with Crippen molar-refractivity contribution in [1.82, 2.24) is 19.4 Å². The molecule has 1 aromatic heterocycles. The average Bonchev–Trinajstić information content (AvgIpc) is 2.84. The second kappa shape index (κ2) is 10.5. The lowest BCUT2D eigenvalue weighted by Gasteiger charge is -2.35. The fourth-order valence-corrected chi connectivity index (χ4v) is 5.06. The van der Waals surface area contributed by atoms with Gasteiger partial charge in [-0.2, -0.15) is 0 Å². The van der Waals surface area contributed by atoms with Crippen LogP contribution in [0, 0.1) is 17.7 Å². The van der Waals surface area contributed by atoms with Gasteiger partial charge < -0.3 is 10.2 Å². The number of benzene rings is 1. The lowest BCUT2D eigenvalue weighted by Crippen LogP contribution is -2.47. The molecule has 2 fully saturated rings. The zero-order valence-corrected chi connectivity index (χ0v) is 20.0. The molecule has 1 N–H and O–H groups in total. The van der Waals surface area contributed by atoms with Crippen molar-refractivity contribution >= 4 is 11.7 Å². The molecule has 184 valence electrons. The summed E-state index contributed by atoms with van der Waals surface area (Å²) in [5.74, 6) is 0.677. The average molecular weight is 472 g/mol. The molecule has 1 amide bonds. The van der Waals surface area contributed by atoms with E-state index in [1.165, 1.54) is 23.7 Å². The van der Waals surface area contributed by atoms with Crippen LogP contribution in [-0.2, 0) is 25.4 Å². The molecule has 1 atom stereocenters. The van der Waals surface area contributed by atoms with Crippen molar-refractivity contribution in [3.05, 3.63) is 62.6 Å². The molecule has 0 spiro atoms. The Balaban J connectivity index is 1.26. The first kappa shape index (κ1) is 24.2. The van der Waals surface area contributed by atoms with Crippen LogP contribution in [0.25, 0.3) is 0 Å². The maximum Gasteiger partial charge on any atom is 0.332 e. The monoisotopic (exact) mass is 471 g/mol. The molecule has 4 rings (SSSR count). The molecule has 9 heteroatoms. The van der Waals surface area contributed by atoms with Crippen LogP contribution in [-0.4, -0.2) is 52.7 Å². The molecule has 2 saturated heterocycles. The Morgan fingerprint density at radius 2 is 1.82 bits per heavy atom. The summed E-state index contributed by atoms with van der Waals surface area (Å²) in [6.07, 6.45) is 3.64. The summed E-state index contributed by atoms with van der Waals surface area (Å²) in [5.41, 5.74) is 0.286. The number of amides is 1. The van der Waals surface area contributed by atoms with Crippen molar-refractivity contribution < 1.29 is 9.18 Å². The molecule has 2 aliphatic heterocycles. The maximum absolute atomic E-state index is 13.4. The van der Waals surface area contributed by atoms with Crippen LogP contribution in [0.2, 0.25) is 0 Å². The highest BCUT2D eigenvalue weighted by Gasteiger charge is 2.28. The predicted octanol–water partition coefficient (Wildman–Crippen LogP) is 1.47. The van der Waals surface area contributed by atoms with Gasteiger partial charge in [-0.15, -0.1) is 0 Å². The Morgan fingerprint density at radius 1 is 1.06 bits per heavy atom. The number of rotatable bonds is 6. The summed E-state index contributed by atoms with van der Waals surface area (Å²) >= 11 is 0. The quantitative estimate of drug-likeness (QED) is 0.690. The second-order valence-corrected chi connectivity index (χ2v) is 9.62. The minimum atomic E-state index is -0.363. The first-order valence-electron chi connectivity index (χ1n) is 12.1. The number of halogens is 1.